The molecule has 0 bridgehead atoms. The lowest BCUT2D eigenvalue weighted by molar-refractivity contribution is 0.0718. The third-order valence-corrected chi connectivity index (χ3v) is 6.54. The number of benzene rings is 2. The highest BCUT2D eigenvalue weighted by Crippen LogP contribution is 2.27. The monoisotopic (exact) mass is 468 g/mol. The lowest BCUT2D eigenvalue weighted by Crippen LogP contribution is -2.43. The standard InChI is InChI=1S/C29H29FN4O/c1-2-5-22-15-24(21-7-3-6-20(14-21)18-31)17-28(27(22)19-32)33-26-10-12-34(13-11-26)29(35)23-8-4-9-25(30)16-23/h2-6,8-9,14-17,19,21,26,33H,1,7,10-13,32H2/b22-5-,27-19+. The van der Waals surface area contributed by atoms with Crippen molar-refractivity contribution in [3.05, 3.63) is 100 Å². The van der Waals surface area contributed by atoms with Gasteiger partial charge in [-0.3, -0.25) is 4.79 Å². The molecule has 4 rings (SSSR count). The molecule has 1 aliphatic heterocycles. The summed E-state index contributed by atoms with van der Waals surface area (Å²) in [6.45, 7) is 5.01. The largest absolute Gasteiger partial charge is 0.404 e. The molecule has 2 aliphatic rings. The van der Waals surface area contributed by atoms with Gasteiger partial charge < -0.3 is 16.0 Å². The second kappa shape index (κ2) is 10.9. The zero-order chi connectivity index (χ0) is 24.8. The van der Waals surface area contributed by atoms with Crippen LogP contribution in [0.1, 0.15) is 41.1 Å². The van der Waals surface area contributed by atoms with Crippen LogP contribution >= 0.6 is 0 Å². The van der Waals surface area contributed by atoms with Crippen molar-refractivity contribution in [2.75, 3.05) is 18.4 Å². The number of rotatable bonds is 5. The quantitative estimate of drug-likeness (QED) is 0.701. The zero-order valence-electron chi connectivity index (χ0n) is 19.6. The Morgan fingerprint density at radius 1 is 1.26 bits per heavy atom. The van der Waals surface area contributed by atoms with Crippen molar-refractivity contribution in [2.45, 2.75) is 31.2 Å². The molecule has 0 saturated carbocycles. The fraction of sp³-hybridized carbons (Fsp3) is 0.241. The maximum atomic E-state index is 13.5. The lowest BCUT2D eigenvalue weighted by atomic mass is 9.88. The van der Waals surface area contributed by atoms with E-state index >= 15 is 0 Å². The minimum Gasteiger partial charge on any atom is -0.404 e. The van der Waals surface area contributed by atoms with E-state index in [1.54, 1.807) is 29.3 Å². The number of piperidine rings is 1. The van der Waals surface area contributed by atoms with E-state index < -0.39 is 5.82 Å². The van der Waals surface area contributed by atoms with E-state index in [4.69, 9.17) is 5.73 Å². The molecule has 1 atom stereocenters. The number of halogens is 1. The van der Waals surface area contributed by atoms with Crippen molar-refractivity contribution in [1.82, 2.24) is 4.90 Å². The number of carbonyl (C=O) groups is 1. The van der Waals surface area contributed by atoms with Crippen molar-refractivity contribution < 1.29 is 9.18 Å². The Balaban J connectivity index is 1.55. The normalized spacial score (nSPS) is 19.3. The summed E-state index contributed by atoms with van der Waals surface area (Å²) >= 11 is 0. The third kappa shape index (κ3) is 5.52. The molecule has 1 unspecified atom stereocenters. The molecule has 3 N–H and O–H groups in total. The number of nitrogens with two attached hydrogens (primary N) is 1. The fourth-order valence-electron chi connectivity index (χ4n) is 4.72. The van der Waals surface area contributed by atoms with Gasteiger partial charge in [-0.15, -0.1) is 0 Å². The van der Waals surface area contributed by atoms with Crippen molar-refractivity contribution >= 4 is 23.9 Å². The van der Waals surface area contributed by atoms with Gasteiger partial charge in [0.1, 0.15) is 5.82 Å². The fourth-order valence-corrected chi connectivity index (χ4v) is 4.72. The molecule has 0 radical (unpaired) electrons. The number of likely N-dealkylation sites (tertiary alicyclic amines) is 1. The van der Waals surface area contributed by atoms with E-state index in [2.05, 4.69) is 30.1 Å². The van der Waals surface area contributed by atoms with Crippen LogP contribution in [0.2, 0.25) is 0 Å². The number of anilines is 1. The minimum absolute atomic E-state index is 0.102. The van der Waals surface area contributed by atoms with Crippen LogP contribution in [0.15, 0.2) is 72.9 Å². The van der Waals surface area contributed by atoms with Crippen LogP contribution in [-0.4, -0.2) is 29.9 Å². The molecule has 1 heterocycles. The molecule has 5 nitrogen and oxygen atoms in total. The Bertz CT molecular complexity index is 1340. The second-order valence-electron chi connectivity index (χ2n) is 8.84. The summed E-state index contributed by atoms with van der Waals surface area (Å²) < 4.78 is 13.5. The van der Waals surface area contributed by atoms with Gasteiger partial charge in [0, 0.05) is 53.3 Å². The number of hydrogen-bond acceptors (Lipinski definition) is 4. The number of hydrogen-bond donors (Lipinski definition) is 2. The van der Waals surface area contributed by atoms with Gasteiger partial charge in [-0.05, 0) is 60.4 Å². The highest BCUT2D eigenvalue weighted by Gasteiger charge is 2.24. The summed E-state index contributed by atoms with van der Waals surface area (Å²) in [5.74, 6) is -0.450. The highest BCUT2D eigenvalue weighted by molar-refractivity contribution is 5.94. The Labute approximate surface area is 205 Å². The van der Waals surface area contributed by atoms with Crippen LogP contribution in [-0.2, 0) is 0 Å². The first kappa shape index (κ1) is 24.0. The van der Waals surface area contributed by atoms with Crippen molar-refractivity contribution in [3.8, 4) is 6.07 Å². The van der Waals surface area contributed by atoms with Crippen LogP contribution < -0.4 is 21.5 Å². The van der Waals surface area contributed by atoms with Gasteiger partial charge >= 0.3 is 0 Å². The molecule has 6 heteroatoms. The molecule has 178 valence electrons. The van der Waals surface area contributed by atoms with Crippen LogP contribution in [0, 0.1) is 17.1 Å². The van der Waals surface area contributed by atoms with Gasteiger partial charge in [0.2, 0.25) is 0 Å². The molecule has 1 fully saturated rings. The highest BCUT2D eigenvalue weighted by atomic mass is 19.1. The van der Waals surface area contributed by atoms with E-state index in [9.17, 15) is 14.4 Å². The second-order valence-corrected chi connectivity index (χ2v) is 8.84. The third-order valence-electron chi connectivity index (χ3n) is 6.54. The van der Waals surface area contributed by atoms with Gasteiger partial charge in [-0.1, -0.05) is 43.0 Å². The molecule has 1 amide bonds. The molecule has 0 spiro atoms. The lowest BCUT2D eigenvalue weighted by Gasteiger charge is -2.33. The van der Waals surface area contributed by atoms with Crippen molar-refractivity contribution in [2.24, 2.45) is 5.73 Å². The van der Waals surface area contributed by atoms with Gasteiger partial charge in [-0.25, -0.2) is 4.39 Å². The van der Waals surface area contributed by atoms with E-state index in [0.29, 0.717) is 24.2 Å². The van der Waals surface area contributed by atoms with Crippen LogP contribution in [0.3, 0.4) is 0 Å². The summed E-state index contributed by atoms with van der Waals surface area (Å²) in [4.78, 5) is 14.6. The SMILES string of the molecule is C=C/C=c1/cc(C2C=C(C#N)C=CC2)cc(NC2CCN(C(=O)c3cccc(F)c3)CC2)/c1=C/N. The molecule has 2 aromatic carbocycles. The Kier molecular flexibility index (Phi) is 7.47. The molecule has 1 aliphatic carbocycles. The van der Waals surface area contributed by atoms with E-state index in [1.807, 2.05) is 24.3 Å². The summed E-state index contributed by atoms with van der Waals surface area (Å²) in [5, 5.41) is 14.8. The summed E-state index contributed by atoms with van der Waals surface area (Å²) in [7, 11) is 0. The van der Waals surface area contributed by atoms with Crippen LogP contribution in [0.5, 0.6) is 0 Å². The Morgan fingerprint density at radius 2 is 2.06 bits per heavy atom. The first-order valence-electron chi connectivity index (χ1n) is 11.8. The number of amides is 1. The minimum atomic E-state index is -0.407. The van der Waals surface area contributed by atoms with Crippen molar-refractivity contribution in [3.63, 3.8) is 0 Å². The molecule has 1 saturated heterocycles. The average Bonchev–Trinajstić information content (AvgIpc) is 2.89. The van der Waals surface area contributed by atoms with Crippen LogP contribution in [0.25, 0.3) is 12.3 Å². The Morgan fingerprint density at radius 3 is 2.74 bits per heavy atom. The van der Waals surface area contributed by atoms with Gasteiger partial charge in [-0.2, -0.15) is 5.26 Å². The maximum Gasteiger partial charge on any atom is 0.253 e. The maximum absolute atomic E-state index is 13.5. The summed E-state index contributed by atoms with van der Waals surface area (Å²) in [6, 6.07) is 12.4. The summed E-state index contributed by atoms with van der Waals surface area (Å²) in [5.41, 5.74) is 9.09. The van der Waals surface area contributed by atoms with E-state index in [1.165, 1.54) is 12.1 Å². The number of nitriles is 1. The average molecular weight is 469 g/mol. The van der Waals surface area contributed by atoms with E-state index in [-0.39, 0.29) is 17.9 Å². The van der Waals surface area contributed by atoms with Crippen LogP contribution in [0.4, 0.5) is 10.1 Å². The number of carbonyl (C=O) groups excluding carboxylic acids is 1. The number of nitrogens with zero attached hydrogens (tertiary/aromatic N) is 2. The molecule has 0 aromatic heterocycles. The molecular weight excluding hydrogens is 439 g/mol. The summed E-state index contributed by atoms with van der Waals surface area (Å²) in [6.07, 6.45) is 13.5. The number of allylic oxidation sites excluding steroid dienone is 5. The molecule has 2 aromatic rings. The topological polar surface area (TPSA) is 82.2 Å². The van der Waals surface area contributed by atoms with Crippen molar-refractivity contribution in [1.29, 1.82) is 5.26 Å². The first-order chi connectivity index (χ1) is 17.0. The molecular formula is C29H29FN4O. The first-order valence-corrected chi connectivity index (χ1v) is 11.8. The van der Waals surface area contributed by atoms with Gasteiger partial charge in [0.05, 0.1) is 6.07 Å². The Hall–Kier alpha value is -4.11. The van der Waals surface area contributed by atoms with E-state index in [0.717, 1.165) is 41.0 Å². The predicted molar refractivity (Wildman–Crippen MR) is 138 cm³/mol. The zero-order valence-corrected chi connectivity index (χ0v) is 19.6. The number of nitrogens with one attached hydrogen (secondary N) is 1. The smallest absolute Gasteiger partial charge is 0.253 e. The van der Waals surface area contributed by atoms with Gasteiger partial charge in [0.25, 0.3) is 5.91 Å². The van der Waals surface area contributed by atoms with Gasteiger partial charge in [0.15, 0.2) is 0 Å². The predicted octanol–water partition coefficient (Wildman–Crippen LogP) is 3.70. The molecule has 35 heavy (non-hydrogen) atoms.